The zero-order valence-corrected chi connectivity index (χ0v) is 18.0. The largest absolute Gasteiger partial charge is 0.378 e. The van der Waals surface area contributed by atoms with Crippen molar-refractivity contribution in [3.8, 4) is 0 Å². The Hall–Kier alpha value is -0.830. The fourth-order valence-corrected chi connectivity index (χ4v) is 2.84. The zero-order valence-electron chi connectivity index (χ0n) is 15.7. The van der Waals surface area contributed by atoms with Crippen molar-refractivity contribution >= 4 is 29.9 Å². The van der Waals surface area contributed by atoms with E-state index in [1.165, 1.54) is 32.1 Å². The molecule has 0 spiro atoms. The third-order valence-electron chi connectivity index (χ3n) is 4.34. The highest BCUT2D eigenvalue weighted by molar-refractivity contribution is 14.0. The highest BCUT2D eigenvalue weighted by Gasteiger charge is 2.13. The molecule has 1 aromatic rings. The second kappa shape index (κ2) is 12.5. The number of hydrogen-bond donors (Lipinski definition) is 2. The monoisotopic (exact) mass is 464 g/mol. The number of hydrogen-bond acceptors (Lipinski definition) is 4. The number of aliphatic imine (C=N–C) groups is 1. The predicted octanol–water partition coefficient (Wildman–Crippen LogP) is 3.82. The SMILES string of the molecule is CN=C(NCCCOC1CCCCC1)NCc1cc(C(C)C)no1.I. The van der Waals surface area contributed by atoms with E-state index in [2.05, 4.69) is 34.6 Å². The molecule has 2 rings (SSSR count). The summed E-state index contributed by atoms with van der Waals surface area (Å²) in [6, 6.07) is 1.99. The molecule has 6 nitrogen and oxygen atoms in total. The van der Waals surface area contributed by atoms with Gasteiger partial charge in [0.2, 0.25) is 0 Å². The first-order chi connectivity index (χ1) is 11.7. The van der Waals surface area contributed by atoms with Crippen molar-refractivity contribution in [2.75, 3.05) is 20.2 Å². The number of nitrogens with one attached hydrogen (secondary N) is 2. The summed E-state index contributed by atoms with van der Waals surface area (Å²) >= 11 is 0. The summed E-state index contributed by atoms with van der Waals surface area (Å²) in [5.41, 5.74) is 0.981. The van der Waals surface area contributed by atoms with E-state index in [4.69, 9.17) is 9.26 Å². The van der Waals surface area contributed by atoms with E-state index >= 15 is 0 Å². The van der Waals surface area contributed by atoms with Crippen LogP contribution in [-0.4, -0.2) is 37.4 Å². The summed E-state index contributed by atoms with van der Waals surface area (Å²) in [4.78, 5) is 4.22. The highest BCUT2D eigenvalue weighted by Crippen LogP contribution is 2.20. The number of halogens is 1. The molecule has 1 saturated carbocycles. The molecule has 25 heavy (non-hydrogen) atoms. The second-order valence-electron chi connectivity index (χ2n) is 6.71. The molecule has 2 N–H and O–H groups in total. The van der Waals surface area contributed by atoms with Crippen molar-refractivity contribution < 1.29 is 9.26 Å². The fraction of sp³-hybridized carbons (Fsp3) is 0.778. The standard InChI is InChI=1S/C18H32N4O2.HI/c1-14(2)17-12-16(24-22-17)13-21-18(19-3)20-10-7-11-23-15-8-5-4-6-9-15;/h12,14-15H,4-11,13H2,1-3H3,(H2,19,20,21);1H. The number of guanidine groups is 1. The molecule has 1 aromatic heterocycles. The summed E-state index contributed by atoms with van der Waals surface area (Å²) in [5.74, 6) is 1.97. The highest BCUT2D eigenvalue weighted by atomic mass is 127. The molecule has 0 aliphatic heterocycles. The molecular weight excluding hydrogens is 431 g/mol. The van der Waals surface area contributed by atoms with Gasteiger partial charge in [0.05, 0.1) is 18.3 Å². The summed E-state index contributed by atoms with van der Waals surface area (Å²) in [7, 11) is 1.77. The first kappa shape index (κ1) is 22.2. The molecule has 1 aliphatic rings. The van der Waals surface area contributed by atoms with Crippen LogP contribution in [0.15, 0.2) is 15.6 Å². The van der Waals surface area contributed by atoms with Gasteiger partial charge in [-0.1, -0.05) is 38.3 Å². The maximum atomic E-state index is 5.93. The van der Waals surface area contributed by atoms with Gasteiger partial charge in [-0.15, -0.1) is 24.0 Å². The number of rotatable bonds is 8. The molecule has 0 amide bonds. The van der Waals surface area contributed by atoms with Crippen LogP contribution in [0.5, 0.6) is 0 Å². The van der Waals surface area contributed by atoms with Gasteiger partial charge < -0.3 is 19.9 Å². The minimum absolute atomic E-state index is 0. The molecule has 0 bridgehead atoms. The Morgan fingerprint density at radius 1 is 1.32 bits per heavy atom. The molecule has 7 heteroatoms. The van der Waals surface area contributed by atoms with E-state index in [1.54, 1.807) is 7.05 Å². The molecule has 0 radical (unpaired) electrons. The molecular formula is C18H33IN4O2. The van der Waals surface area contributed by atoms with Crippen LogP contribution in [0.3, 0.4) is 0 Å². The van der Waals surface area contributed by atoms with Crippen LogP contribution in [0.25, 0.3) is 0 Å². The first-order valence-corrected chi connectivity index (χ1v) is 9.20. The molecule has 1 aliphatic carbocycles. The van der Waals surface area contributed by atoms with Gasteiger partial charge in [-0.05, 0) is 25.2 Å². The van der Waals surface area contributed by atoms with Crippen LogP contribution >= 0.6 is 24.0 Å². The lowest BCUT2D eigenvalue weighted by atomic mass is 9.98. The zero-order chi connectivity index (χ0) is 17.2. The van der Waals surface area contributed by atoms with Gasteiger partial charge >= 0.3 is 0 Å². The van der Waals surface area contributed by atoms with Gasteiger partial charge in [0.1, 0.15) is 0 Å². The maximum absolute atomic E-state index is 5.93. The van der Waals surface area contributed by atoms with Crippen molar-refractivity contribution in [2.24, 2.45) is 4.99 Å². The first-order valence-electron chi connectivity index (χ1n) is 9.20. The van der Waals surface area contributed by atoms with Crippen LogP contribution in [0.2, 0.25) is 0 Å². The van der Waals surface area contributed by atoms with E-state index in [9.17, 15) is 0 Å². The van der Waals surface area contributed by atoms with E-state index in [-0.39, 0.29) is 24.0 Å². The third-order valence-corrected chi connectivity index (χ3v) is 4.34. The van der Waals surface area contributed by atoms with Gasteiger partial charge in [-0.3, -0.25) is 4.99 Å². The Bertz CT molecular complexity index is 499. The van der Waals surface area contributed by atoms with Crippen molar-refractivity contribution in [3.05, 3.63) is 17.5 Å². The van der Waals surface area contributed by atoms with Gasteiger partial charge in [-0.2, -0.15) is 0 Å². The quantitative estimate of drug-likeness (QED) is 0.265. The summed E-state index contributed by atoms with van der Waals surface area (Å²) < 4.78 is 11.2. The Morgan fingerprint density at radius 2 is 2.08 bits per heavy atom. The maximum Gasteiger partial charge on any atom is 0.191 e. The molecule has 1 heterocycles. The van der Waals surface area contributed by atoms with Crippen LogP contribution in [0, 0.1) is 0 Å². The van der Waals surface area contributed by atoms with Crippen LogP contribution in [0.4, 0.5) is 0 Å². The summed E-state index contributed by atoms with van der Waals surface area (Å²) in [6.45, 7) is 6.45. The van der Waals surface area contributed by atoms with Crippen LogP contribution in [0.1, 0.15) is 69.7 Å². The third kappa shape index (κ3) is 8.40. The molecule has 1 fully saturated rings. The minimum atomic E-state index is 0. The Kier molecular flexibility index (Phi) is 11.1. The van der Waals surface area contributed by atoms with Crippen molar-refractivity contribution in [1.82, 2.24) is 15.8 Å². The Labute approximate surface area is 168 Å². The average Bonchev–Trinajstić information content (AvgIpc) is 3.07. The Balaban J connectivity index is 0.00000312. The molecule has 0 unspecified atom stereocenters. The lowest BCUT2D eigenvalue weighted by Gasteiger charge is -2.22. The summed E-state index contributed by atoms with van der Waals surface area (Å²) in [6.07, 6.45) is 7.93. The van der Waals surface area contributed by atoms with Gasteiger partial charge in [0, 0.05) is 26.3 Å². The van der Waals surface area contributed by atoms with Crippen molar-refractivity contribution in [3.63, 3.8) is 0 Å². The minimum Gasteiger partial charge on any atom is -0.378 e. The van der Waals surface area contributed by atoms with Crippen molar-refractivity contribution in [1.29, 1.82) is 0 Å². The normalized spacial score (nSPS) is 15.9. The summed E-state index contributed by atoms with van der Waals surface area (Å²) in [5, 5.41) is 10.6. The van der Waals surface area contributed by atoms with Crippen LogP contribution < -0.4 is 10.6 Å². The fourth-order valence-electron chi connectivity index (χ4n) is 2.84. The predicted molar refractivity (Wildman–Crippen MR) is 112 cm³/mol. The topological polar surface area (TPSA) is 71.7 Å². The Morgan fingerprint density at radius 3 is 2.72 bits per heavy atom. The smallest absolute Gasteiger partial charge is 0.191 e. The van der Waals surface area contributed by atoms with Gasteiger partial charge in [0.15, 0.2) is 11.7 Å². The number of nitrogens with zero attached hydrogens (tertiary/aromatic N) is 2. The van der Waals surface area contributed by atoms with E-state index in [0.29, 0.717) is 18.6 Å². The number of ether oxygens (including phenoxy) is 1. The molecule has 144 valence electrons. The number of aromatic nitrogens is 1. The van der Waals surface area contributed by atoms with E-state index < -0.39 is 0 Å². The van der Waals surface area contributed by atoms with Crippen LogP contribution in [-0.2, 0) is 11.3 Å². The lowest BCUT2D eigenvalue weighted by molar-refractivity contribution is 0.0277. The van der Waals surface area contributed by atoms with Gasteiger partial charge in [-0.25, -0.2) is 0 Å². The van der Waals surface area contributed by atoms with Gasteiger partial charge in [0.25, 0.3) is 0 Å². The second-order valence-corrected chi connectivity index (χ2v) is 6.71. The molecule has 0 aromatic carbocycles. The average molecular weight is 464 g/mol. The molecule has 0 atom stereocenters. The van der Waals surface area contributed by atoms with Crippen molar-refractivity contribution in [2.45, 2.75) is 70.9 Å². The van der Waals surface area contributed by atoms with E-state index in [0.717, 1.165) is 37.0 Å². The molecule has 0 saturated heterocycles. The lowest BCUT2D eigenvalue weighted by Crippen LogP contribution is -2.37. The van der Waals surface area contributed by atoms with E-state index in [1.807, 2.05) is 6.07 Å².